The van der Waals surface area contributed by atoms with Gasteiger partial charge in [-0.05, 0) is 25.7 Å². The number of carbonyl (C=O) groups is 3. The fourth-order valence-corrected chi connectivity index (χ4v) is 2.70. The fraction of sp³-hybridized carbons (Fsp3) is 0.438. The third kappa shape index (κ3) is 13.2. The number of amides is 1. The molecular formula is C16H23ClN2O5S. The summed E-state index contributed by atoms with van der Waals surface area (Å²) in [5.74, 6) is -1.86. The van der Waals surface area contributed by atoms with Crippen LogP contribution in [-0.4, -0.2) is 65.9 Å². The number of halogens is 1. The molecule has 0 heterocycles. The number of aliphatic carboxylic acids is 2. The second kappa shape index (κ2) is 13.5. The van der Waals surface area contributed by atoms with Crippen molar-refractivity contribution >= 4 is 41.2 Å². The molecule has 25 heavy (non-hydrogen) atoms. The number of hydrogen-bond acceptors (Lipinski definition) is 5. The van der Waals surface area contributed by atoms with Gasteiger partial charge in [-0.3, -0.25) is 4.79 Å². The minimum absolute atomic E-state index is 0.119. The predicted molar refractivity (Wildman–Crippen MR) is 99.1 cm³/mol. The average Bonchev–Trinajstić information content (AvgIpc) is 2.53. The molecule has 1 rings (SSSR count). The van der Waals surface area contributed by atoms with Crippen LogP contribution in [0.25, 0.3) is 0 Å². The quantitative estimate of drug-likeness (QED) is 0.459. The first-order chi connectivity index (χ1) is 11.7. The lowest BCUT2D eigenvalue weighted by Gasteiger charge is -2.10. The first-order valence-electron chi connectivity index (χ1n) is 7.42. The second-order valence-electron chi connectivity index (χ2n) is 5.16. The molecule has 0 saturated heterocycles. The van der Waals surface area contributed by atoms with Gasteiger partial charge >= 0.3 is 11.9 Å². The molecule has 0 unspecified atom stereocenters. The van der Waals surface area contributed by atoms with E-state index in [1.165, 1.54) is 0 Å². The van der Waals surface area contributed by atoms with Crippen LogP contribution >= 0.6 is 23.4 Å². The topological polar surface area (TPSA) is 107 Å². The van der Waals surface area contributed by atoms with Crippen molar-refractivity contribution in [3.05, 3.63) is 34.9 Å². The second-order valence-corrected chi connectivity index (χ2v) is 6.67. The largest absolute Gasteiger partial charge is 0.473 e. The van der Waals surface area contributed by atoms with E-state index >= 15 is 0 Å². The summed E-state index contributed by atoms with van der Waals surface area (Å²) in [6.07, 6.45) is 0.558. The van der Waals surface area contributed by atoms with Crippen molar-refractivity contribution in [2.24, 2.45) is 0 Å². The maximum atomic E-state index is 11.5. The standard InChI is InChI=1S/C14H21ClN2OS.C2H2O4/c1-17(2)9-8-16-14(18)7-10-19-11-12-5-3-4-6-13(12)15;3-1(4)2(5)6/h3-6H,7-11H2,1-2H3,(H,16,18);(H,3,4)(H,5,6). The van der Waals surface area contributed by atoms with Crippen molar-refractivity contribution in [3.63, 3.8) is 0 Å². The summed E-state index contributed by atoms with van der Waals surface area (Å²) in [6, 6.07) is 7.82. The van der Waals surface area contributed by atoms with Gasteiger partial charge in [0.15, 0.2) is 0 Å². The van der Waals surface area contributed by atoms with Crippen LogP contribution in [0.2, 0.25) is 5.02 Å². The molecule has 0 spiro atoms. The molecule has 0 saturated carbocycles. The number of rotatable bonds is 8. The Bertz CT molecular complexity index is 557. The lowest BCUT2D eigenvalue weighted by atomic mass is 10.2. The number of likely N-dealkylation sites (N-methyl/N-ethyl adjacent to an activating group) is 1. The summed E-state index contributed by atoms with van der Waals surface area (Å²) < 4.78 is 0. The van der Waals surface area contributed by atoms with Gasteiger partial charge in [0, 0.05) is 36.0 Å². The van der Waals surface area contributed by atoms with E-state index in [2.05, 4.69) is 5.32 Å². The molecule has 0 bridgehead atoms. The molecule has 0 aliphatic heterocycles. The molecule has 7 nitrogen and oxygen atoms in total. The molecule has 3 N–H and O–H groups in total. The van der Waals surface area contributed by atoms with Crippen molar-refractivity contribution < 1.29 is 24.6 Å². The molecule has 9 heteroatoms. The molecule has 1 aromatic carbocycles. The van der Waals surface area contributed by atoms with E-state index in [9.17, 15) is 4.79 Å². The van der Waals surface area contributed by atoms with Gasteiger partial charge in [-0.2, -0.15) is 11.8 Å². The third-order valence-electron chi connectivity index (χ3n) is 2.75. The van der Waals surface area contributed by atoms with Crippen LogP contribution in [0.1, 0.15) is 12.0 Å². The zero-order chi connectivity index (χ0) is 19.2. The van der Waals surface area contributed by atoms with Gasteiger partial charge in [-0.1, -0.05) is 29.8 Å². The van der Waals surface area contributed by atoms with E-state index in [1.54, 1.807) is 11.8 Å². The average molecular weight is 391 g/mol. The number of nitrogens with zero attached hydrogens (tertiary/aromatic N) is 1. The van der Waals surface area contributed by atoms with Crippen LogP contribution in [0, 0.1) is 0 Å². The Morgan fingerprint density at radius 2 is 1.76 bits per heavy atom. The first kappa shape index (κ1) is 23.2. The highest BCUT2D eigenvalue weighted by atomic mass is 35.5. The summed E-state index contributed by atoms with van der Waals surface area (Å²) in [7, 11) is 3.98. The van der Waals surface area contributed by atoms with Crippen LogP contribution < -0.4 is 5.32 Å². The van der Waals surface area contributed by atoms with Gasteiger partial charge in [0.2, 0.25) is 5.91 Å². The molecule has 0 radical (unpaired) electrons. The lowest BCUT2D eigenvalue weighted by Crippen LogP contribution is -2.31. The highest BCUT2D eigenvalue weighted by Crippen LogP contribution is 2.20. The fourth-order valence-electron chi connectivity index (χ4n) is 1.47. The summed E-state index contributed by atoms with van der Waals surface area (Å²) in [4.78, 5) is 31.8. The molecular weight excluding hydrogens is 368 g/mol. The number of hydrogen-bond donors (Lipinski definition) is 3. The number of benzene rings is 1. The summed E-state index contributed by atoms with van der Waals surface area (Å²) in [5, 5.41) is 18.5. The third-order valence-corrected chi connectivity index (χ3v) is 4.13. The Morgan fingerprint density at radius 1 is 1.16 bits per heavy atom. The minimum Gasteiger partial charge on any atom is -0.473 e. The highest BCUT2D eigenvalue weighted by Gasteiger charge is 2.04. The van der Waals surface area contributed by atoms with Gasteiger partial charge in [0.1, 0.15) is 0 Å². The Kier molecular flexibility index (Phi) is 12.6. The Labute approximate surface area is 156 Å². The zero-order valence-electron chi connectivity index (χ0n) is 14.2. The van der Waals surface area contributed by atoms with Crippen LogP contribution in [0.15, 0.2) is 24.3 Å². The van der Waals surface area contributed by atoms with E-state index < -0.39 is 11.9 Å². The normalized spacial score (nSPS) is 9.92. The van der Waals surface area contributed by atoms with Gasteiger partial charge in [0.05, 0.1) is 0 Å². The summed E-state index contributed by atoms with van der Waals surface area (Å²) in [5.41, 5.74) is 1.13. The van der Waals surface area contributed by atoms with Gasteiger partial charge < -0.3 is 20.4 Å². The molecule has 1 amide bonds. The van der Waals surface area contributed by atoms with Gasteiger partial charge in [-0.25, -0.2) is 9.59 Å². The summed E-state index contributed by atoms with van der Waals surface area (Å²) >= 11 is 7.80. The molecule has 0 aromatic heterocycles. The molecule has 140 valence electrons. The van der Waals surface area contributed by atoms with Crippen molar-refractivity contribution in [2.45, 2.75) is 12.2 Å². The van der Waals surface area contributed by atoms with E-state index in [4.69, 9.17) is 31.4 Å². The molecule has 0 fully saturated rings. The van der Waals surface area contributed by atoms with Gasteiger partial charge in [0.25, 0.3) is 0 Å². The SMILES string of the molecule is CN(C)CCNC(=O)CCSCc1ccccc1Cl.O=C(O)C(=O)O. The van der Waals surface area contributed by atoms with E-state index in [0.717, 1.165) is 28.6 Å². The number of carboxylic acid groups (broad SMARTS) is 2. The van der Waals surface area contributed by atoms with E-state index in [0.29, 0.717) is 13.0 Å². The Balaban J connectivity index is 0.000000823. The first-order valence-corrected chi connectivity index (χ1v) is 8.96. The number of thioether (sulfide) groups is 1. The van der Waals surface area contributed by atoms with Gasteiger partial charge in [-0.15, -0.1) is 0 Å². The van der Waals surface area contributed by atoms with E-state index in [-0.39, 0.29) is 5.91 Å². The number of nitrogens with one attached hydrogen (secondary N) is 1. The lowest BCUT2D eigenvalue weighted by molar-refractivity contribution is -0.159. The van der Waals surface area contributed by atoms with Crippen molar-refractivity contribution in [1.29, 1.82) is 0 Å². The number of carboxylic acids is 2. The smallest absolute Gasteiger partial charge is 0.414 e. The minimum atomic E-state index is -1.82. The van der Waals surface area contributed by atoms with Crippen LogP contribution in [0.4, 0.5) is 0 Å². The van der Waals surface area contributed by atoms with Crippen molar-refractivity contribution in [3.8, 4) is 0 Å². The molecule has 0 aliphatic carbocycles. The summed E-state index contributed by atoms with van der Waals surface area (Å²) in [6.45, 7) is 1.58. The molecule has 1 aromatic rings. The predicted octanol–water partition coefficient (Wildman–Crippen LogP) is 1.80. The Hall–Kier alpha value is -1.77. The monoisotopic (exact) mass is 390 g/mol. The van der Waals surface area contributed by atoms with Crippen molar-refractivity contribution in [1.82, 2.24) is 10.2 Å². The van der Waals surface area contributed by atoms with Crippen LogP contribution in [0.5, 0.6) is 0 Å². The number of carbonyl (C=O) groups excluding carboxylic acids is 1. The van der Waals surface area contributed by atoms with Crippen LogP contribution in [0.3, 0.4) is 0 Å². The van der Waals surface area contributed by atoms with Crippen LogP contribution in [-0.2, 0) is 20.1 Å². The highest BCUT2D eigenvalue weighted by molar-refractivity contribution is 7.98. The van der Waals surface area contributed by atoms with E-state index in [1.807, 2.05) is 43.3 Å². The van der Waals surface area contributed by atoms with Crippen molar-refractivity contribution in [2.75, 3.05) is 32.9 Å². The maximum Gasteiger partial charge on any atom is 0.414 e. The Morgan fingerprint density at radius 3 is 2.28 bits per heavy atom. The molecule has 0 aliphatic rings. The molecule has 0 atom stereocenters. The maximum absolute atomic E-state index is 11.5. The zero-order valence-corrected chi connectivity index (χ0v) is 15.8.